The van der Waals surface area contributed by atoms with Crippen molar-refractivity contribution in [2.75, 3.05) is 5.73 Å². The van der Waals surface area contributed by atoms with Crippen LogP contribution in [0.5, 0.6) is 0 Å². The van der Waals surface area contributed by atoms with Crippen molar-refractivity contribution >= 4 is 16.7 Å². The van der Waals surface area contributed by atoms with Crippen LogP contribution in [0.4, 0.5) is 5.69 Å². The number of hydrogen-bond acceptors (Lipinski definition) is 6. The molecule has 3 aromatic heterocycles. The summed E-state index contributed by atoms with van der Waals surface area (Å²) in [5.41, 5.74) is 7.81. The Hall–Kier alpha value is -2.44. The number of nitrogen functional groups attached to an aromatic ring is 1. The van der Waals surface area contributed by atoms with Gasteiger partial charge >= 0.3 is 0 Å². The first-order valence-electron chi connectivity index (χ1n) is 4.65. The molecule has 80 valence electrons. The summed E-state index contributed by atoms with van der Waals surface area (Å²) < 4.78 is 6.70. The normalized spacial score (nSPS) is 11.0. The van der Waals surface area contributed by atoms with Gasteiger partial charge in [0.05, 0.1) is 11.9 Å². The molecule has 0 aliphatic heterocycles. The molecule has 0 spiro atoms. The molecule has 0 unspecified atom stereocenters. The quantitative estimate of drug-likeness (QED) is 0.667. The number of aromatic nitrogens is 5. The predicted octanol–water partition coefficient (Wildman–Crippen LogP) is 0.445. The van der Waals surface area contributed by atoms with Gasteiger partial charge in [-0.1, -0.05) is 0 Å². The molecule has 0 atom stereocenters. The van der Waals surface area contributed by atoms with Crippen LogP contribution >= 0.6 is 0 Å². The van der Waals surface area contributed by atoms with Crippen LogP contribution < -0.4 is 5.73 Å². The number of pyridine rings is 1. The largest absolute Gasteiger partial charge is 0.426 e. The van der Waals surface area contributed by atoms with Crippen molar-refractivity contribution in [2.45, 2.75) is 6.54 Å². The highest BCUT2D eigenvalue weighted by Crippen LogP contribution is 2.16. The number of hydrogen-bond donors (Lipinski definition) is 1. The number of nitrogens with zero attached hydrogens (tertiary/aromatic N) is 5. The molecule has 0 bridgehead atoms. The first-order chi connectivity index (χ1) is 7.83. The van der Waals surface area contributed by atoms with Crippen molar-refractivity contribution in [3.63, 3.8) is 0 Å². The third-order valence-electron chi connectivity index (χ3n) is 2.19. The molecule has 0 fully saturated rings. The lowest BCUT2D eigenvalue weighted by Crippen LogP contribution is -2.00. The third kappa shape index (κ3) is 1.38. The minimum Gasteiger partial charge on any atom is -0.426 e. The summed E-state index contributed by atoms with van der Waals surface area (Å²) in [5, 5.41) is 11.7. The van der Waals surface area contributed by atoms with Crippen LogP contribution in [0.15, 0.2) is 29.3 Å². The zero-order chi connectivity index (χ0) is 11.0. The highest BCUT2D eigenvalue weighted by molar-refractivity contribution is 5.85. The number of rotatable bonds is 2. The van der Waals surface area contributed by atoms with Gasteiger partial charge in [-0.2, -0.15) is 5.10 Å². The smallest absolute Gasteiger partial charge is 0.237 e. The fraction of sp³-hybridized carbons (Fsp3) is 0.111. The van der Waals surface area contributed by atoms with Gasteiger partial charge in [0.25, 0.3) is 0 Å². The zero-order valence-electron chi connectivity index (χ0n) is 8.24. The molecular weight excluding hydrogens is 208 g/mol. The van der Waals surface area contributed by atoms with Crippen molar-refractivity contribution in [1.82, 2.24) is 25.0 Å². The summed E-state index contributed by atoms with van der Waals surface area (Å²) >= 11 is 0. The minimum atomic E-state index is 0.412. The first kappa shape index (κ1) is 8.84. The molecule has 0 saturated heterocycles. The number of anilines is 1. The molecule has 0 saturated carbocycles. The topological polar surface area (TPSA) is 95.7 Å². The van der Waals surface area contributed by atoms with Gasteiger partial charge in [-0.15, -0.1) is 10.2 Å². The van der Waals surface area contributed by atoms with Gasteiger partial charge < -0.3 is 10.2 Å². The van der Waals surface area contributed by atoms with E-state index in [-0.39, 0.29) is 0 Å². The van der Waals surface area contributed by atoms with Gasteiger partial charge in [-0.25, -0.2) is 0 Å². The summed E-state index contributed by atoms with van der Waals surface area (Å²) in [7, 11) is 0. The van der Waals surface area contributed by atoms with E-state index in [9.17, 15) is 0 Å². The van der Waals surface area contributed by atoms with E-state index in [1.807, 2.05) is 0 Å². The van der Waals surface area contributed by atoms with Crippen LogP contribution in [-0.2, 0) is 6.54 Å². The zero-order valence-corrected chi connectivity index (χ0v) is 8.24. The van der Waals surface area contributed by atoms with E-state index >= 15 is 0 Å². The van der Waals surface area contributed by atoms with Gasteiger partial charge in [-0.05, 0) is 6.07 Å². The molecule has 16 heavy (non-hydrogen) atoms. The second-order valence-corrected chi connectivity index (χ2v) is 3.29. The van der Waals surface area contributed by atoms with Crippen molar-refractivity contribution < 1.29 is 4.42 Å². The van der Waals surface area contributed by atoms with Crippen LogP contribution in [0.25, 0.3) is 11.0 Å². The Kier molecular flexibility index (Phi) is 1.82. The molecule has 0 aliphatic carbocycles. The number of nitrogens with two attached hydrogens (primary N) is 1. The molecule has 7 heteroatoms. The molecular formula is C9H8N6O. The maximum absolute atomic E-state index is 5.78. The average molecular weight is 216 g/mol. The lowest BCUT2D eigenvalue weighted by molar-refractivity contribution is 0.465. The molecule has 0 amide bonds. The first-order valence-corrected chi connectivity index (χ1v) is 4.65. The summed E-state index contributed by atoms with van der Waals surface area (Å²) in [6, 6.07) is 1.71. The van der Waals surface area contributed by atoms with Gasteiger partial charge in [0.2, 0.25) is 12.3 Å². The lowest BCUT2D eigenvalue weighted by Gasteiger charge is -1.93. The Morgan fingerprint density at radius 2 is 2.38 bits per heavy atom. The van der Waals surface area contributed by atoms with E-state index in [1.54, 1.807) is 23.1 Å². The van der Waals surface area contributed by atoms with E-state index < -0.39 is 0 Å². The fourth-order valence-corrected chi connectivity index (χ4v) is 1.47. The van der Waals surface area contributed by atoms with Crippen molar-refractivity contribution in [1.29, 1.82) is 0 Å². The molecule has 7 nitrogen and oxygen atoms in total. The molecule has 3 heterocycles. The van der Waals surface area contributed by atoms with E-state index in [0.717, 1.165) is 5.52 Å². The molecule has 0 aromatic carbocycles. The van der Waals surface area contributed by atoms with Gasteiger partial charge in [0.1, 0.15) is 17.6 Å². The highest BCUT2D eigenvalue weighted by Gasteiger charge is 2.07. The Labute approximate surface area is 89.9 Å². The van der Waals surface area contributed by atoms with Crippen molar-refractivity contribution in [3.05, 3.63) is 30.7 Å². The fourth-order valence-electron chi connectivity index (χ4n) is 1.47. The minimum absolute atomic E-state index is 0.412. The van der Waals surface area contributed by atoms with Gasteiger partial charge in [0.15, 0.2) is 0 Å². The Balaban J connectivity index is 2.02. The van der Waals surface area contributed by atoms with E-state index in [4.69, 9.17) is 10.2 Å². The summed E-state index contributed by atoms with van der Waals surface area (Å²) in [6.07, 6.45) is 4.72. The second-order valence-electron chi connectivity index (χ2n) is 3.29. The SMILES string of the molecule is Nc1ccnc2cn(Cc3nnco3)nc12. The highest BCUT2D eigenvalue weighted by atomic mass is 16.4. The summed E-state index contributed by atoms with van der Waals surface area (Å²) in [6.45, 7) is 0.412. The molecule has 3 rings (SSSR count). The predicted molar refractivity (Wildman–Crippen MR) is 55.3 cm³/mol. The monoisotopic (exact) mass is 216 g/mol. The van der Waals surface area contributed by atoms with Gasteiger partial charge in [-0.3, -0.25) is 9.67 Å². The van der Waals surface area contributed by atoms with E-state index in [1.165, 1.54) is 6.39 Å². The third-order valence-corrected chi connectivity index (χ3v) is 2.19. The van der Waals surface area contributed by atoms with E-state index in [0.29, 0.717) is 23.6 Å². The summed E-state index contributed by atoms with van der Waals surface area (Å²) in [4.78, 5) is 4.16. The summed E-state index contributed by atoms with van der Waals surface area (Å²) in [5.74, 6) is 0.492. The van der Waals surface area contributed by atoms with E-state index in [2.05, 4.69) is 20.3 Å². The molecule has 3 aromatic rings. The Bertz CT molecular complexity index is 614. The Morgan fingerprint density at radius 3 is 3.12 bits per heavy atom. The second kappa shape index (κ2) is 3.30. The standard InChI is InChI=1S/C9H8N6O/c10-6-1-2-11-7-3-15(14-9(6)7)4-8-13-12-5-16-8/h1-3,5H,4,10H2. The molecule has 2 N–H and O–H groups in total. The van der Waals surface area contributed by atoms with Crippen LogP contribution in [-0.4, -0.2) is 25.0 Å². The Morgan fingerprint density at radius 1 is 1.44 bits per heavy atom. The number of fused-ring (bicyclic) bond motifs is 1. The van der Waals surface area contributed by atoms with Crippen LogP contribution in [0.1, 0.15) is 5.89 Å². The van der Waals surface area contributed by atoms with Crippen molar-refractivity contribution in [2.24, 2.45) is 0 Å². The van der Waals surface area contributed by atoms with Crippen LogP contribution in [0, 0.1) is 0 Å². The lowest BCUT2D eigenvalue weighted by atomic mass is 10.3. The maximum atomic E-state index is 5.78. The maximum Gasteiger partial charge on any atom is 0.237 e. The van der Waals surface area contributed by atoms with Gasteiger partial charge in [0, 0.05) is 6.20 Å². The van der Waals surface area contributed by atoms with Crippen LogP contribution in [0.2, 0.25) is 0 Å². The molecule has 0 radical (unpaired) electrons. The molecule has 0 aliphatic rings. The average Bonchev–Trinajstić information content (AvgIpc) is 2.88. The van der Waals surface area contributed by atoms with Crippen molar-refractivity contribution in [3.8, 4) is 0 Å². The van der Waals surface area contributed by atoms with Crippen LogP contribution in [0.3, 0.4) is 0 Å².